The van der Waals surface area contributed by atoms with Gasteiger partial charge in [-0.05, 0) is 13.3 Å². The monoisotopic (exact) mass is 254 g/mol. The van der Waals surface area contributed by atoms with E-state index in [1.54, 1.807) is 0 Å². The summed E-state index contributed by atoms with van der Waals surface area (Å²) in [6.45, 7) is 4.38. The molecular formula is C14H33NNaO. The Morgan fingerprint density at radius 2 is 1.12 bits per heavy atom. The molecule has 0 bridgehead atoms. The molecule has 0 aliphatic carbocycles. The van der Waals surface area contributed by atoms with Gasteiger partial charge in [0, 0.05) is 35.6 Å². The van der Waals surface area contributed by atoms with Crippen LogP contribution in [0.1, 0.15) is 84.5 Å². The number of nitrogens with two attached hydrogens (primary N) is 1. The Hall–Kier alpha value is 0.920. The van der Waals surface area contributed by atoms with Gasteiger partial charge in [0.2, 0.25) is 0 Å². The van der Waals surface area contributed by atoms with Gasteiger partial charge in [0.15, 0.2) is 0 Å². The van der Waals surface area contributed by atoms with Gasteiger partial charge in [0.25, 0.3) is 0 Å². The molecule has 3 heteroatoms. The summed E-state index contributed by atoms with van der Waals surface area (Å²) >= 11 is 0. The first-order chi connectivity index (χ1) is 7.27. The van der Waals surface area contributed by atoms with E-state index in [9.17, 15) is 0 Å². The average Bonchev–Trinajstić information content (AvgIpc) is 2.20. The zero-order chi connectivity index (χ0) is 11.4. The van der Waals surface area contributed by atoms with Gasteiger partial charge in [0.1, 0.15) is 0 Å². The molecule has 1 unspecified atom stereocenters. The summed E-state index contributed by atoms with van der Waals surface area (Å²) in [6.07, 6.45) is 15.3. The Bertz CT molecular complexity index is 121. The van der Waals surface area contributed by atoms with Crippen molar-refractivity contribution in [2.45, 2.75) is 90.5 Å². The largest absolute Gasteiger partial charge is 0.412 e. The second-order valence-electron chi connectivity index (χ2n) is 4.95. The molecule has 17 heavy (non-hydrogen) atoms. The minimum absolute atomic E-state index is 0. The van der Waals surface area contributed by atoms with E-state index in [1.165, 1.54) is 70.6 Å². The Morgan fingerprint density at radius 1 is 0.765 bits per heavy atom. The molecule has 1 radical (unpaired) electrons. The van der Waals surface area contributed by atoms with Crippen molar-refractivity contribution in [2.75, 3.05) is 0 Å². The van der Waals surface area contributed by atoms with E-state index in [0.717, 1.165) is 0 Å². The summed E-state index contributed by atoms with van der Waals surface area (Å²) in [5, 5.41) is 0. The predicted octanol–water partition coefficient (Wildman–Crippen LogP) is 3.44. The van der Waals surface area contributed by atoms with Crippen LogP contribution in [0.3, 0.4) is 0 Å². The van der Waals surface area contributed by atoms with E-state index in [0.29, 0.717) is 6.04 Å². The summed E-state index contributed by atoms with van der Waals surface area (Å²) in [4.78, 5) is 0. The second kappa shape index (κ2) is 19.3. The first kappa shape index (κ1) is 23.0. The van der Waals surface area contributed by atoms with E-state index in [1.807, 2.05) is 0 Å². The third-order valence-corrected chi connectivity index (χ3v) is 3.01. The fourth-order valence-electron chi connectivity index (χ4n) is 1.95. The quantitative estimate of drug-likeness (QED) is 0.445. The van der Waals surface area contributed by atoms with Crippen LogP contribution in [0.2, 0.25) is 0 Å². The van der Waals surface area contributed by atoms with Crippen LogP contribution in [-0.4, -0.2) is 41.1 Å². The van der Waals surface area contributed by atoms with Crippen LogP contribution in [0.15, 0.2) is 0 Å². The van der Waals surface area contributed by atoms with Crippen LogP contribution in [0, 0.1) is 0 Å². The fourth-order valence-corrected chi connectivity index (χ4v) is 1.95. The Morgan fingerprint density at radius 3 is 1.47 bits per heavy atom. The molecule has 0 fully saturated rings. The molecular weight excluding hydrogens is 221 g/mol. The maximum atomic E-state index is 5.70. The van der Waals surface area contributed by atoms with Gasteiger partial charge in [-0.2, -0.15) is 0 Å². The third kappa shape index (κ3) is 22.6. The summed E-state index contributed by atoms with van der Waals surface area (Å²) in [6, 6.07) is 0.402. The number of unbranched alkanes of at least 4 members (excludes halogenated alkanes) is 9. The molecule has 0 spiro atoms. The molecule has 2 nitrogen and oxygen atoms in total. The van der Waals surface area contributed by atoms with Crippen molar-refractivity contribution in [2.24, 2.45) is 5.73 Å². The smallest absolute Gasteiger partial charge is 0.00104 e. The van der Waals surface area contributed by atoms with Gasteiger partial charge >= 0.3 is 0 Å². The van der Waals surface area contributed by atoms with Gasteiger partial charge in [-0.25, -0.2) is 0 Å². The van der Waals surface area contributed by atoms with Gasteiger partial charge in [-0.3, -0.25) is 0 Å². The fraction of sp³-hybridized carbons (Fsp3) is 1.00. The maximum absolute atomic E-state index is 5.70. The molecule has 0 saturated heterocycles. The first-order valence-corrected chi connectivity index (χ1v) is 7.03. The average molecular weight is 254 g/mol. The minimum Gasteiger partial charge on any atom is -0.412 e. The van der Waals surface area contributed by atoms with Crippen molar-refractivity contribution in [1.82, 2.24) is 0 Å². The van der Waals surface area contributed by atoms with Gasteiger partial charge in [-0.1, -0.05) is 71.1 Å². The van der Waals surface area contributed by atoms with Crippen molar-refractivity contribution < 1.29 is 5.48 Å². The van der Waals surface area contributed by atoms with Crippen molar-refractivity contribution in [3.63, 3.8) is 0 Å². The summed E-state index contributed by atoms with van der Waals surface area (Å²) in [5.74, 6) is 0. The molecule has 0 aliphatic heterocycles. The Kier molecular flexibility index (Phi) is 26.1. The van der Waals surface area contributed by atoms with Crippen molar-refractivity contribution in [3.05, 3.63) is 0 Å². The van der Waals surface area contributed by atoms with E-state index in [4.69, 9.17) is 5.73 Å². The topological polar surface area (TPSA) is 57.5 Å². The first-order valence-electron chi connectivity index (χ1n) is 7.03. The van der Waals surface area contributed by atoms with Crippen LogP contribution < -0.4 is 5.73 Å². The maximum Gasteiger partial charge on any atom is 0.00104 e. The third-order valence-electron chi connectivity index (χ3n) is 3.01. The van der Waals surface area contributed by atoms with Crippen molar-refractivity contribution >= 4 is 29.6 Å². The predicted molar refractivity (Wildman–Crippen MR) is 79.5 cm³/mol. The molecule has 1 atom stereocenters. The molecule has 0 aliphatic rings. The Labute approximate surface area is 131 Å². The standard InChI is InChI=1S/C14H31N.Na.H2O/c1-3-4-5-6-7-8-9-10-11-12-13-14(2)15;;/h14H,3-13,15H2,1-2H3;;1H2. The van der Waals surface area contributed by atoms with Crippen molar-refractivity contribution in [3.8, 4) is 0 Å². The van der Waals surface area contributed by atoms with E-state index in [2.05, 4.69) is 13.8 Å². The zero-order valence-electron chi connectivity index (χ0n) is 12.4. The molecule has 0 aromatic rings. The van der Waals surface area contributed by atoms with Crippen LogP contribution in [0.5, 0.6) is 0 Å². The van der Waals surface area contributed by atoms with E-state index in [-0.39, 0.29) is 35.0 Å². The van der Waals surface area contributed by atoms with Crippen molar-refractivity contribution in [1.29, 1.82) is 0 Å². The second-order valence-corrected chi connectivity index (χ2v) is 4.95. The molecule has 0 saturated carbocycles. The van der Waals surface area contributed by atoms with Crippen LogP contribution >= 0.6 is 0 Å². The number of rotatable bonds is 11. The summed E-state index contributed by atoms with van der Waals surface area (Å²) in [5.41, 5.74) is 5.70. The SMILES string of the molecule is CCCCCCCCCCCCC(C)N.O.[Na]. The number of hydrogen-bond donors (Lipinski definition) is 1. The molecule has 101 valence electrons. The molecule has 4 N–H and O–H groups in total. The molecule has 0 amide bonds. The van der Waals surface area contributed by atoms with Crippen LogP contribution in [-0.2, 0) is 0 Å². The summed E-state index contributed by atoms with van der Waals surface area (Å²) in [7, 11) is 0. The minimum atomic E-state index is 0. The van der Waals surface area contributed by atoms with Crippen LogP contribution in [0.25, 0.3) is 0 Å². The van der Waals surface area contributed by atoms with Gasteiger partial charge < -0.3 is 11.2 Å². The van der Waals surface area contributed by atoms with Crippen LogP contribution in [0.4, 0.5) is 0 Å². The molecule has 0 heterocycles. The van der Waals surface area contributed by atoms with E-state index < -0.39 is 0 Å². The number of hydrogen-bond acceptors (Lipinski definition) is 1. The molecule has 0 aromatic heterocycles. The zero-order valence-corrected chi connectivity index (χ0v) is 14.4. The normalized spacial score (nSPS) is 11.5. The van der Waals surface area contributed by atoms with Gasteiger partial charge in [0.05, 0.1) is 0 Å². The Balaban J connectivity index is -0.000000980. The molecule has 0 aromatic carbocycles. The summed E-state index contributed by atoms with van der Waals surface area (Å²) < 4.78 is 0. The van der Waals surface area contributed by atoms with Gasteiger partial charge in [-0.15, -0.1) is 0 Å². The van der Waals surface area contributed by atoms with E-state index >= 15 is 0 Å². The molecule has 0 rings (SSSR count).